The predicted octanol–water partition coefficient (Wildman–Crippen LogP) is 8.45. The minimum absolute atomic E-state index is 0.917. The number of rotatable bonds is 1. The van der Waals surface area contributed by atoms with Crippen LogP contribution < -0.4 is 0 Å². The van der Waals surface area contributed by atoms with Crippen molar-refractivity contribution in [3.8, 4) is 5.69 Å². The van der Waals surface area contributed by atoms with E-state index in [2.05, 4.69) is 94.5 Å². The van der Waals surface area contributed by atoms with Crippen LogP contribution in [0.25, 0.3) is 70.4 Å². The summed E-state index contributed by atoms with van der Waals surface area (Å²) >= 11 is 1.67. The SMILES string of the molecule is c1ccc2c(c1)oc1c2c2ccccc2c2c3ccccc3n(-c3ccc4ncsc4c3)c12. The highest BCUT2D eigenvalue weighted by atomic mass is 32.1. The Morgan fingerprint density at radius 1 is 0.697 bits per heavy atom. The van der Waals surface area contributed by atoms with E-state index in [0.29, 0.717) is 0 Å². The van der Waals surface area contributed by atoms with E-state index in [4.69, 9.17) is 4.42 Å². The van der Waals surface area contributed by atoms with Crippen molar-refractivity contribution in [3.63, 3.8) is 0 Å². The minimum Gasteiger partial charge on any atom is -0.454 e. The van der Waals surface area contributed by atoms with E-state index in [0.717, 1.165) is 33.3 Å². The fourth-order valence-electron chi connectivity index (χ4n) is 5.38. The van der Waals surface area contributed by atoms with Gasteiger partial charge in [0.25, 0.3) is 0 Å². The highest BCUT2D eigenvalue weighted by molar-refractivity contribution is 7.16. The summed E-state index contributed by atoms with van der Waals surface area (Å²) in [5, 5.41) is 7.27. The topological polar surface area (TPSA) is 31.0 Å². The maximum Gasteiger partial charge on any atom is 0.160 e. The molecule has 0 saturated heterocycles. The van der Waals surface area contributed by atoms with Gasteiger partial charge < -0.3 is 8.98 Å². The second-order valence-electron chi connectivity index (χ2n) is 8.43. The molecule has 0 aliphatic carbocycles. The third-order valence-electron chi connectivity index (χ3n) is 6.72. The molecule has 0 saturated carbocycles. The molecule has 8 rings (SSSR count). The summed E-state index contributed by atoms with van der Waals surface area (Å²) in [6.45, 7) is 0. The molecule has 0 bridgehead atoms. The van der Waals surface area contributed by atoms with Crippen LogP contribution in [-0.2, 0) is 0 Å². The molecule has 8 aromatic rings. The average Bonchev–Trinajstić information content (AvgIpc) is 3.57. The summed E-state index contributed by atoms with van der Waals surface area (Å²) in [6, 6.07) is 32.2. The Hall–Kier alpha value is -4.15. The van der Waals surface area contributed by atoms with Gasteiger partial charge in [-0.2, -0.15) is 0 Å². The standard InChI is InChI=1S/C29H16N2OS/c1-2-8-19-18(7-1)26-20-9-3-5-11-23(20)31(17-13-14-22-25(15-17)33-16-30-22)28(26)29-27(19)21-10-4-6-12-24(21)32-29/h1-16H. The van der Waals surface area contributed by atoms with Gasteiger partial charge in [-0.05, 0) is 41.1 Å². The number of benzene rings is 5. The van der Waals surface area contributed by atoms with E-state index in [1.807, 2.05) is 11.6 Å². The Kier molecular flexibility index (Phi) is 3.28. The summed E-state index contributed by atoms with van der Waals surface area (Å²) in [5.41, 5.74) is 8.20. The predicted molar refractivity (Wildman–Crippen MR) is 139 cm³/mol. The van der Waals surface area contributed by atoms with Crippen molar-refractivity contribution in [1.29, 1.82) is 0 Å². The maximum atomic E-state index is 6.61. The number of furan rings is 1. The molecule has 0 radical (unpaired) electrons. The Bertz CT molecular complexity index is 2040. The molecule has 4 heteroatoms. The van der Waals surface area contributed by atoms with E-state index >= 15 is 0 Å². The van der Waals surface area contributed by atoms with Crippen LogP contribution >= 0.6 is 11.3 Å². The largest absolute Gasteiger partial charge is 0.454 e. The smallest absolute Gasteiger partial charge is 0.160 e. The van der Waals surface area contributed by atoms with Crippen LogP contribution in [0, 0.1) is 0 Å². The van der Waals surface area contributed by atoms with Crippen LogP contribution in [0.2, 0.25) is 0 Å². The number of nitrogens with zero attached hydrogens (tertiary/aromatic N) is 2. The van der Waals surface area contributed by atoms with Gasteiger partial charge in [-0.1, -0.05) is 60.7 Å². The number of para-hydroxylation sites is 2. The van der Waals surface area contributed by atoms with Crippen LogP contribution in [0.15, 0.2) is 101 Å². The minimum atomic E-state index is 0.917. The monoisotopic (exact) mass is 440 g/mol. The molecule has 0 aliphatic rings. The molecule has 5 aromatic carbocycles. The summed E-state index contributed by atoms with van der Waals surface area (Å²) in [6.07, 6.45) is 0. The summed E-state index contributed by atoms with van der Waals surface area (Å²) < 4.78 is 10.2. The molecule has 0 atom stereocenters. The molecule has 3 nitrogen and oxygen atoms in total. The van der Waals surface area contributed by atoms with Crippen LogP contribution in [-0.4, -0.2) is 9.55 Å². The summed E-state index contributed by atoms with van der Waals surface area (Å²) in [5.74, 6) is 0. The van der Waals surface area contributed by atoms with E-state index in [1.165, 1.54) is 37.1 Å². The van der Waals surface area contributed by atoms with Gasteiger partial charge in [0.05, 0.1) is 26.8 Å². The molecule has 0 amide bonds. The van der Waals surface area contributed by atoms with Crippen LogP contribution in [0.4, 0.5) is 0 Å². The second kappa shape index (κ2) is 6.21. The number of hydrogen-bond donors (Lipinski definition) is 0. The third-order valence-corrected chi connectivity index (χ3v) is 7.52. The fourth-order valence-corrected chi connectivity index (χ4v) is 6.09. The van der Waals surface area contributed by atoms with Crippen molar-refractivity contribution in [2.75, 3.05) is 0 Å². The normalized spacial score (nSPS) is 12.2. The lowest BCUT2D eigenvalue weighted by Gasteiger charge is -2.09. The molecular weight excluding hydrogens is 424 g/mol. The van der Waals surface area contributed by atoms with E-state index in [1.54, 1.807) is 11.3 Å². The molecule has 0 N–H and O–H groups in total. The van der Waals surface area contributed by atoms with Crippen molar-refractivity contribution < 1.29 is 4.42 Å². The zero-order chi connectivity index (χ0) is 21.5. The summed E-state index contributed by atoms with van der Waals surface area (Å²) in [4.78, 5) is 4.48. The Morgan fingerprint density at radius 3 is 2.30 bits per heavy atom. The first-order chi connectivity index (χ1) is 16.4. The Balaban J connectivity index is 1.71. The third kappa shape index (κ3) is 2.21. The first-order valence-corrected chi connectivity index (χ1v) is 11.9. The molecule has 154 valence electrons. The van der Waals surface area contributed by atoms with Gasteiger partial charge in [0, 0.05) is 27.2 Å². The fraction of sp³-hybridized carbons (Fsp3) is 0. The first-order valence-electron chi connectivity index (χ1n) is 11.0. The van der Waals surface area contributed by atoms with Gasteiger partial charge in [-0.3, -0.25) is 0 Å². The van der Waals surface area contributed by atoms with E-state index < -0.39 is 0 Å². The molecule has 0 fully saturated rings. The van der Waals surface area contributed by atoms with Gasteiger partial charge in [-0.25, -0.2) is 4.98 Å². The van der Waals surface area contributed by atoms with Crippen LogP contribution in [0.5, 0.6) is 0 Å². The molecule has 3 aromatic heterocycles. The van der Waals surface area contributed by atoms with Gasteiger partial charge >= 0.3 is 0 Å². The zero-order valence-corrected chi connectivity index (χ0v) is 18.3. The lowest BCUT2D eigenvalue weighted by atomic mass is 9.99. The quantitative estimate of drug-likeness (QED) is 0.256. The molecule has 3 heterocycles. The molecule has 0 spiro atoms. The Morgan fingerprint density at radius 2 is 1.42 bits per heavy atom. The van der Waals surface area contributed by atoms with Gasteiger partial charge in [0.2, 0.25) is 0 Å². The second-order valence-corrected chi connectivity index (χ2v) is 9.31. The molecule has 0 unspecified atom stereocenters. The van der Waals surface area contributed by atoms with Gasteiger partial charge in [-0.15, -0.1) is 11.3 Å². The molecule has 0 aliphatic heterocycles. The highest BCUT2D eigenvalue weighted by Crippen LogP contribution is 2.45. The number of aromatic nitrogens is 2. The van der Waals surface area contributed by atoms with Gasteiger partial charge in [0.15, 0.2) is 5.58 Å². The van der Waals surface area contributed by atoms with Crippen LogP contribution in [0.3, 0.4) is 0 Å². The highest BCUT2D eigenvalue weighted by Gasteiger charge is 2.22. The van der Waals surface area contributed by atoms with Crippen molar-refractivity contribution >= 4 is 76.1 Å². The Labute approximate surface area is 192 Å². The van der Waals surface area contributed by atoms with E-state index in [-0.39, 0.29) is 0 Å². The van der Waals surface area contributed by atoms with Gasteiger partial charge in [0.1, 0.15) is 5.58 Å². The average molecular weight is 441 g/mol. The van der Waals surface area contributed by atoms with Crippen LogP contribution in [0.1, 0.15) is 0 Å². The molecular formula is C29H16N2OS. The van der Waals surface area contributed by atoms with Crippen molar-refractivity contribution in [1.82, 2.24) is 9.55 Å². The zero-order valence-electron chi connectivity index (χ0n) is 17.4. The number of thiazole rings is 1. The van der Waals surface area contributed by atoms with Crippen molar-refractivity contribution in [2.45, 2.75) is 0 Å². The first kappa shape index (κ1) is 17.4. The van der Waals surface area contributed by atoms with E-state index in [9.17, 15) is 0 Å². The number of hydrogen-bond acceptors (Lipinski definition) is 3. The van der Waals surface area contributed by atoms with Crippen molar-refractivity contribution in [2.24, 2.45) is 0 Å². The number of fused-ring (bicyclic) bond motifs is 11. The summed E-state index contributed by atoms with van der Waals surface area (Å²) in [7, 11) is 0. The van der Waals surface area contributed by atoms with Crippen molar-refractivity contribution in [3.05, 3.63) is 96.5 Å². The lowest BCUT2D eigenvalue weighted by molar-refractivity contribution is 0.671. The molecule has 33 heavy (non-hydrogen) atoms. The lowest BCUT2D eigenvalue weighted by Crippen LogP contribution is -1.94. The maximum absolute atomic E-state index is 6.61.